The molecule has 7 nitrogen and oxygen atoms in total. The lowest BCUT2D eigenvalue weighted by atomic mass is 10.2. The lowest BCUT2D eigenvalue weighted by Gasteiger charge is -2.17. The highest BCUT2D eigenvalue weighted by Gasteiger charge is 2.24. The number of amides is 1. The van der Waals surface area contributed by atoms with Gasteiger partial charge in [0.15, 0.2) is 17.3 Å². The van der Waals surface area contributed by atoms with Crippen LogP contribution in [0.3, 0.4) is 0 Å². The smallest absolute Gasteiger partial charge is 0.407 e. The number of rotatable bonds is 5. The Balaban J connectivity index is 1.57. The molecule has 0 aliphatic heterocycles. The maximum atomic E-state index is 11.8. The average Bonchev–Trinajstić information content (AvgIpc) is 3.04. The van der Waals surface area contributed by atoms with Crippen LogP contribution in [0, 0.1) is 0 Å². The van der Waals surface area contributed by atoms with Gasteiger partial charge in [-0.05, 0) is 24.6 Å². The standard InChI is InChI=1S/C17H17N3O4/c1-11(19-17(22)23-10-12-6-3-2-4-7-12)14(21)16-20-15-13(24-16)8-5-9-18-15/h2-9,11,14,21H,10H2,1H3,(H,19,22)/t11-,14?/m0/s1. The summed E-state index contributed by atoms with van der Waals surface area (Å²) in [6.45, 7) is 1.79. The van der Waals surface area contributed by atoms with Gasteiger partial charge in [-0.15, -0.1) is 0 Å². The van der Waals surface area contributed by atoms with Crippen LogP contribution in [0.15, 0.2) is 53.1 Å². The van der Waals surface area contributed by atoms with Crippen molar-refractivity contribution in [2.24, 2.45) is 0 Å². The van der Waals surface area contributed by atoms with E-state index in [0.29, 0.717) is 11.2 Å². The predicted molar refractivity (Wildman–Crippen MR) is 86.0 cm³/mol. The number of fused-ring (bicyclic) bond motifs is 1. The van der Waals surface area contributed by atoms with Crippen molar-refractivity contribution in [2.75, 3.05) is 0 Å². The summed E-state index contributed by atoms with van der Waals surface area (Å²) in [7, 11) is 0. The first-order chi connectivity index (χ1) is 11.6. The number of carbonyl (C=O) groups excluding carboxylic acids is 1. The van der Waals surface area contributed by atoms with E-state index in [1.165, 1.54) is 0 Å². The number of hydrogen-bond donors (Lipinski definition) is 2. The lowest BCUT2D eigenvalue weighted by Crippen LogP contribution is -2.37. The molecule has 2 atom stereocenters. The minimum Gasteiger partial charge on any atom is -0.445 e. The summed E-state index contributed by atoms with van der Waals surface area (Å²) in [6.07, 6.45) is -0.146. The molecule has 1 aromatic carbocycles. The Labute approximate surface area is 138 Å². The van der Waals surface area contributed by atoms with Crippen molar-refractivity contribution < 1.29 is 19.1 Å². The van der Waals surface area contributed by atoms with Gasteiger partial charge in [-0.2, -0.15) is 4.98 Å². The van der Waals surface area contributed by atoms with E-state index >= 15 is 0 Å². The Morgan fingerprint density at radius 3 is 2.83 bits per heavy atom. The van der Waals surface area contributed by atoms with Crippen molar-refractivity contribution in [3.05, 3.63) is 60.1 Å². The molecule has 7 heteroatoms. The monoisotopic (exact) mass is 327 g/mol. The molecule has 0 radical (unpaired) electrons. The summed E-state index contributed by atoms with van der Waals surface area (Å²) >= 11 is 0. The fourth-order valence-electron chi connectivity index (χ4n) is 2.16. The first-order valence-electron chi connectivity index (χ1n) is 7.50. The quantitative estimate of drug-likeness (QED) is 0.747. The molecule has 2 aromatic heterocycles. The predicted octanol–water partition coefficient (Wildman–Crippen LogP) is 2.57. The van der Waals surface area contributed by atoms with Crippen molar-refractivity contribution in [3.63, 3.8) is 0 Å². The maximum absolute atomic E-state index is 11.8. The zero-order chi connectivity index (χ0) is 16.9. The van der Waals surface area contributed by atoms with E-state index in [1.807, 2.05) is 30.3 Å². The van der Waals surface area contributed by atoms with Gasteiger partial charge in [0.1, 0.15) is 6.61 Å². The van der Waals surface area contributed by atoms with Gasteiger partial charge in [0, 0.05) is 6.20 Å². The van der Waals surface area contributed by atoms with Gasteiger partial charge in [-0.3, -0.25) is 0 Å². The second-order valence-electron chi connectivity index (χ2n) is 5.32. The van der Waals surface area contributed by atoms with Crippen LogP contribution in [0.5, 0.6) is 0 Å². The largest absolute Gasteiger partial charge is 0.445 e. The van der Waals surface area contributed by atoms with E-state index in [0.717, 1.165) is 5.56 Å². The Morgan fingerprint density at radius 1 is 1.29 bits per heavy atom. The van der Waals surface area contributed by atoms with Crippen LogP contribution in [0.4, 0.5) is 4.79 Å². The van der Waals surface area contributed by atoms with E-state index in [-0.39, 0.29) is 12.5 Å². The fourth-order valence-corrected chi connectivity index (χ4v) is 2.16. The number of carbonyl (C=O) groups is 1. The first kappa shape index (κ1) is 15.9. The van der Waals surface area contributed by atoms with E-state index in [2.05, 4.69) is 15.3 Å². The van der Waals surface area contributed by atoms with Crippen LogP contribution in [0.1, 0.15) is 24.5 Å². The molecule has 3 rings (SSSR count). The molecule has 0 aliphatic rings. The maximum Gasteiger partial charge on any atom is 0.407 e. The minimum atomic E-state index is -1.11. The molecular weight excluding hydrogens is 310 g/mol. The summed E-state index contributed by atoms with van der Waals surface area (Å²) < 4.78 is 10.6. The van der Waals surface area contributed by atoms with Crippen molar-refractivity contribution in [1.82, 2.24) is 15.3 Å². The molecule has 0 bridgehead atoms. The van der Waals surface area contributed by atoms with Crippen molar-refractivity contribution >= 4 is 17.3 Å². The summed E-state index contributed by atoms with van der Waals surface area (Å²) in [5.74, 6) is 0.0968. The van der Waals surface area contributed by atoms with Crippen LogP contribution in [-0.4, -0.2) is 27.2 Å². The van der Waals surface area contributed by atoms with Crippen molar-refractivity contribution in [3.8, 4) is 0 Å². The number of benzene rings is 1. The van der Waals surface area contributed by atoms with Crippen LogP contribution in [0.25, 0.3) is 11.2 Å². The third kappa shape index (κ3) is 3.69. The van der Waals surface area contributed by atoms with Gasteiger partial charge in [0.05, 0.1) is 6.04 Å². The van der Waals surface area contributed by atoms with Gasteiger partial charge in [-0.1, -0.05) is 30.3 Å². The summed E-state index contributed by atoms with van der Waals surface area (Å²) in [4.78, 5) is 20.0. The van der Waals surface area contributed by atoms with E-state index < -0.39 is 18.2 Å². The topological polar surface area (TPSA) is 97.5 Å². The molecule has 0 saturated carbocycles. The van der Waals surface area contributed by atoms with Gasteiger partial charge in [0.2, 0.25) is 5.89 Å². The van der Waals surface area contributed by atoms with Crippen LogP contribution in [-0.2, 0) is 11.3 Å². The van der Waals surface area contributed by atoms with Crippen LogP contribution >= 0.6 is 0 Å². The highest BCUT2D eigenvalue weighted by Crippen LogP contribution is 2.20. The molecule has 0 fully saturated rings. The number of alkyl carbamates (subject to hydrolysis) is 1. The molecule has 1 amide bonds. The highest BCUT2D eigenvalue weighted by atomic mass is 16.5. The fraction of sp³-hybridized carbons (Fsp3) is 0.235. The normalized spacial score (nSPS) is 13.4. The highest BCUT2D eigenvalue weighted by molar-refractivity contribution is 5.68. The second kappa shape index (κ2) is 7.10. The summed E-state index contributed by atoms with van der Waals surface area (Å²) in [5.41, 5.74) is 1.77. The van der Waals surface area contributed by atoms with Crippen molar-refractivity contribution in [2.45, 2.75) is 25.7 Å². The van der Waals surface area contributed by atoms with Crippen molar-refractivity contribution in [1.29, 1.82) is 0 Å². The summed E-state index contributed by atoms with van der Waals surface area (Å²) in [5, 5.41) is 12.8. The Hall–Kier alpha value is -2.93. The average molecular weight is 327 g/mol. The number of nitrogens with zero attached hydrogens (tertiary/aromatic N) is 2. The molecule has 2 N–H and O–H groups in total. The Bertz CT molecular complexity index is 786. The van der Waals surface area contributed by atoms with Gasteiger partial charge < -0.3 is 19.6 Å². The number of ether oxygens (including phenoxy) is 1. The summed E-state index contributed by atoms with van der Waals surface area (Å²) in [6, 6.07) is 12.1. The number of oxazole rings is 1. The van der Waals surface area contributed by atoms with E-state index in [4.69, 9.17) is 9.15 Å². The molecule has 2 heterocycles. The Morgan fingerprint density at radius 2 is 2.08 bits per heavy atom. The number of pyridine rings is 1. The molecule has 0 saturated heterocycles. The SMILES string of the molecule is C[C@H](NC(=O)OCc1ccccc1)C(O)c1nc2ncccc2o1. The third-order valence-corrected chi connectivity index (χ3v) is 3.47. The minimum absolute atomic E-state index is 0.0968. The second-order valence-corrected chi connectivity index (χ2v) is 5.32. The third-order valence-electron chi connectivity index (χ3n) is 3.47. The van der Waals surface area contributed by atoms with Gasteiger partial charge >= 0.3 is 6.09 Å². The van der Waals surface area contributed by atoms with E-state index in [9.17, 15) is 9.90 Å². The molecule has 3 aromatic rings. The molecule has 24 heavy (non-hydrogen) atoms. The van der Waals surface area contributed by atoms with Gasteiger partial charge in [0.25, 0.3) is 0 Å². The molecule has 1 unspecified atom stereocenters. The lowest BCUT2D eigenvalue weighted by molar-refractivity contribution is 0.0919. The zero-order valence-corrected chi connectivity index (χ0v) is 13.0. The number of nitrogens with one attached hydrogen (secondary N) is 1. The molecule has 124 valence electrons. The number of hydrogen-bond acceptors (Lipinski definition) is 6. The van der Waals surface area contributed by atoms with E-state index in [1.54, 1.807) is 25.3 Å². The zero-order valence-electron chi connectivity index (χ0n) is 13.0. The number of aliphatic hydroxyl groups is 1. The number of aromatic nitrogens is 2. The first-order valence-corrected chi connectivity index (χ1v) is 7.50. The molecular formula is C17H17N3O4. The Kier molecular flexibility index (Phi) is 4.72. The van der Waals surface area contributed by atoms with Crippen LogP contribution < -0.4 is 5.32 Å². The number of aliphatic hydroxyl groups excluding tert-OH is 1. The van der Waals surface area contributed by atoms with Gasteiger partial charge in [-0.25, -0.2) is 9.78 Å². The molecule has 0 aliphatic carbocycles. The van der Waals surface area contributed by atoms with Crippen LogP contribution in [0.2, 0.25) is 0 Å². The molecule has 0 spiro atoms.